The molecule has 2 atom stereocenters. The lowest BCUT2D eigenvalue weighted by molar-refractivity contribution is -0.134. The molecule has 0 aliphatic carbocycles. The predicted molar refractivity (Wildman–Crippen MR) is 87.1 cm³/mol. The molecule has 1 aliphatic heterocycles. The monoisotopic (exact) mass is 318 g/mol. The van der Waals surface area contributed by atoms with Crippen molar-refractivity contribution in [2.24, 2.45) is 0 Å². The number of carbonyl (C=O) groups is 1. The van der Waals surface area contributed by atoms with Crippen molar-refractivity contribution in [3.8, 4) is 0 Å². The molecule has 0 radical (unpaired) electrons. The minimum Gasteiger partial charge on any atom is -0.340 e. The number of likely N-dealkylation sites (tertiary alicyclic amines) is 1. The molecule has 0 bridgehead atoms. The average Bonchev–Trinajstić information content (AvgIpc) is 3.15. The summed E-state index contributed by atoms with van der Waals surface area (Å²) in [7, 11) is 0. The van der Waals surface area contributed by atoms with Gasteiger partial charge in [0.2, 0.25) is 5.91 Å². The Hall–Kier alpha value is -1.69. The van der Waals surface area contributed by atoms with E-state index in [9.17, 15) is 4.79 Å². The lowest BCUT2D eigenvalue weighted by Crippen LogP contribution is -2.42. The summed E-state index contributed by atoms with van der Waals surface area (Å²) in [6, 6.07) is 4.29. The van der Waals surface area contributed by atoms with Crippen LogP contribution in [-0.2, 0) is 4.79 Å². The molecular weight excluding hydrogens is 296 g/mol. The van der Waals surface area contributed by atoms with Crippen LogP contribution in [0.5, 0.6) is 0 Å². The van der Waals surface area contributed by atoms with Gasteiger partial charge in [-0.05, 0) is 45.1 Å². The Morgan fingerprint density at radius 3 is 2.91 bits per heavy atom. The normalized spacial score (nSPS) is 20.1. The van der Waals surface area contributed by atoms with Gasteiger partial charge >= 0.3 is 0 Å². The Labute approximate surface area is 135 Å². The summed E-state index contributed by atoms with van der Waals surface area (Å²) in [5, 5.41) is 6.52. The Morgan fingerprint density at radius 2 is 2.27 bits per heavy atom. The number of aromatic nitrogens is 3. The molecule has 3 rings (SSSR count). The SMILES string of the molecule is Cc1nc(C)n([C@@H]2CCCN(C(=O)[C@@H](C)c3cccs3)C2)n1. The third kappa shape index (κ3) is 2.92. The minimum absolute atomic E-state index is 0.0580. The van der Waals surface area contributed by atoms with Gasteiger partial charge in [-0.15, -0.1) is 11.3 Å². The Morgan fingerprint density at radius 1 is 1.45 bits per heavy atom. The highest BCUT2D eigenvalue weighted by molar-refractivity contribution is 7.10. The molecule has 6 heteroatoms. The van der Waals surface area contributed by atoms with Crippen LogP contribution in [0.15, 0.2) is 17.5 Å². The second-order valence-corrected chi connectivity index (χ2v) is 6.95. The van der Waals surface area contributed by atoms with Gasteiger partial charge in [-0.3, -0.25) is 4.79 Å². The highest BCUT2D eigenvalue weighted by Gasteiger charge is 2.29. The summed E-state index contributed by atoms with van der Waals surface area (Å²) in [5.74, 6) is 1.90. The first kappa shape index (κ1) is 15.2. The molecule has 1 amide bonds. The van der Waals surface area contributed by atoms with Crippen LogP contribution in [0, 0.1) is 13.8 Å². The van der Waals surface area contributed by atoms with Crippen molar-refractivity contribution >= 4 is 17.2 Å². The van der Waals surface area contributed by atoms with Crippen molar-refractivity contribution in [1.82, 2.24) is 19.7 Å². The van der Waals surface area contributed by atoms with Gasteiger partial charge in [0.15, 0.2) is 0 Å². The first-order valence-electron chi connectivity index (χ1n) is 7.78. The zero-order chi connectivity index (χ0) is 15.7. The van der Waals surface area contributed by atoms with Gasteiger partial charge < -0.3 is 4.90 Å². The number of aryl methyl sites for hydroxylation is 2. The van der Waals surface area contributed by atoms with Gasteiger partial charge in [-0.25, -0.2) is 9.67 Å². The molecule has 1 fully saturated rings. The molecule has 0 unspecified atom stereocenters. The molecule has 118 valence electrons. The molecule has 5 nitrogen and oxygen atoms in total. The molecule has 0 saturated carbocycles. The van der Waals surface area contributed by atoms with Gasteiger partial charge in [0, 0.05) is 18.0 Å². The topological polar surface area (TPSA) is 51.0 Å². The molecule has 0 N–H and O–H groups in total. The number of thiophene rings is 1. The second-order valence-electron chi connectivity index (χ2n) is 5.97. The van der Waals surface area contributed by atoms with Gasteiger partial charge in [-0.1, -0.05) is 6.07 Å². The maximum atomic E-state index is 12.8. The van der Waals surface area contributed by atoms with Crippen molar-refractivity contribution in [2.75, 3.05) is 13.1 Å². The molecule has 0 spiro atoms. The third-order valence-corrected chi connectivity index (χ3v) is 5.36. The van der Waals surface area contributed by atoms with Crippen LogP contribution in [0.4, 0.5) is 0 Å². The fraction of sp³-hybridized carbons (Fsp3) is 0.562. The second kappa shape index (κ2) is 6.20. The van der Waals surface area contributed by atoms with Crippen molar-refractivity contribution in [1.29, 1.82) is 0 Å². The smallest absolute Gasteiger partial charge is 0.230 e. The Bertz CT molecular complexity index is 649. The van der Waals surface area contributed by atoms with E-state index in [0.29, 0.717) is 0 Å². The van der Waals surface area contributed by atoms with E-state index in [0.717, 1.165) is 42.5 Å². The van der Waals surface area contributed by atoms with Crippen LogP contribution >= 0.6 is 11.3 Å². The van der Waals surface area contributed by atoms with E-state index < -0.39 is 0 Å². The van der Waals surface area contributed by atoms with Crippen LogP contribution in [0.2, 0.25) is 0 Å². The van der Waals surface area contributed by atoms with Crippen LogP contribution in [-0.4, -0.2) is 38.7 Å². The zero-order valence-electron chi connectivity index (χ0n) is 13.3. The predicted octanol–water partition coefficient (Wildman–Crippen LogP) is 2.92. The molecule has 0 aromatic carbocycles. The van der Waals surface area contributed by atoms with E-state index >= 15 is 0 Å². The van der Waals surface area contributed by atoms with Crippen LogP contribution < -0.4 is 0 Å². The molecule has 22 heavy (non-hydrogen) atoms. The van der Waals surface area contributed by atoms with Gasteiger partial charge in [0.1, 0.15) is 11.6 Å². The largest absolute Gasteiger partial charge is 0.340 e. The number of amides is 1. The highest BCUT2D eigenvalue weighted by atomic mass is 32.1. The maximum absolute atomic E-state index is 12.8. The lowest BCUT2D eigenvalue weighted by Gasteiger charge is -2.34. The van der Waals surface area contributed by atoms with E-state index in [1.165, 1.54) is 0 Å². The Balaban J connectivity index is 1.73. The first-order chi connectivity index (χ1) is 10.6. The summed E-state index contributed by atoms with van der Waals surface area (Å²) >= 11 is 1.65. The molecular formula is C16H22N4OS. The summed E-state index contributed by atoms with van der Waals surface area (Å²) in [6.07, 6.45) is 2.08. The zero-order valence-corrected chi connectivity index (χ0v) is 14.1. The van der Waals surface area contributed by atoms with Crippen LogP contribution in [0.3, 0.4) is 0 Å². The number of hydrogen-bond acceptors (Lipinski definition) is 4. The van der Waals surface area contributed by atoms with Crippen molar-refractivity contribution in [3.05, 3.63) is 34.0 Å². The number of carbonyl (C=O) groups excluding carboxylic acids is 1. The molecule has 3 heterocycles. The van der Waals surface area contributed by atoms with E-state index in [1.54, 1.807) is 11.3 Å². The fourth-order valence-corrected chi connectivity index (χ4v) is 3.95. The highest BCUT2D eigenvalue weighted by Crippen LogP contribution is 2.27. The Kier molecular flexibility index (Phi) is 4.29. The van der Waals surface area contributed by atoms with Gasteiger partial charge in [0.05, 0.1) is 12.0 Å². The van der Waals surface area contributed by atoms with E-state index in [1.807, 2.05) is 47.9 Å². The fourth-order valence-electron chi connectivity index (χ4n) is 3.17. The summed E-state index contributed by atoms with van der Waals surface area (Å²) in [5.41, 5.74) is 0. The van der Waals surface area contributed by atoms with Gasteiger partial charge in [0.25, 0.3) is 0 Å². The minimum atomic E-state index is -0.0580. The quantitative estimate of drug-likeness (QED) is 0.874. The molecule has 1 aliphatic rings. The number of rotatable bonds is 3. The third-order valence-electron chi connectivity index (χ3n) is 4.30. The van der Waals surface area contributed by atoms with Crippen molar-refractivity contribution in [3.63, 3.8) is 0 Å². The van der Waals surface area contributed by atoms with Gasteiger partial charge in [-0.2, -0.15) is 5.10 Å². The van der Waals surface area contributed by atoms with E-state index in [4.69, 9.17) is 0 Å². The molecule has 2 aromatic heterocycles. The molecule has 2 aromatic rings. The average molecular weight is 318 g/mol. The molecule has 1 saturated heterocycles. The first-order valence-corrected chi connectivity index (χ1v) is 8.66. The van der Waals surface area contributed by atoms with Crippen molar-refractivity contribution < 1.29 is 4.79 Å². The summed E-state index contributed by atoms with van der Waals surface area (Å²) in [6.45, 7) is 7.47. The maximum Gasteiger partial charge on any atom is 0.230 e. The number of hydrogen-bond donors (Lipinski definition) is 0. The van der Waals surface area contributed by atoms with Crippen LogP contribution in [0.1, 0.15) is 48.3 Å². The number of piperidine rings is 1. The summed E-state index contributed by atoms with van der Waals surface area (Å²) < 4.78 is 1.99. The van der Waals surface area contributed by atoms with Crippen molar-refractivity contribution in [2.45, 2.75) is 45.6 Å². The van der Waals surface area contributed by atoms with E-state index in [-0.39, 0.29) is 17.9 Å². The lowest BCUT2D eigenvalue weighted by atomic mass is 10.0. The van der Waals surface area contributed by atoms with E-state index in [2.05, 4.69) is 10.1 Å². The number of nitrogens with zero attached hydrogens (tertiary/aromatic N) is 4. The summed E-state index contributed by atoms with van der Waals surface area (Å²) in [4.78, 5) is 20.3. The van der Waals surface area contributed by atoms with Crippen LogP contribution in [0.25, 0.3) is 0 Å². The standard InChI is InChI=1S/C16H22N4OS/c1-11(15-7-5-9-22-15)16(21)19-8-4-6-14(10-19)20-13(3)17-12(2)18-20/h5,7,9,11,14H,4,6,8,10H2,1-3H3/t11-,14+/m0/s1.